The maximum Gasteiger partial charge on any atom is 0.160 e. The Kier molecular flexibility index (Phi) is 5.79. The molecular weight excluding hydrogens is 533 g/mol. The van der Waals surface area contributed by atoms with Crippen molar-refractivity contribution in [1.29, 1.82) is 0 Å². The monoisotopic (exact) mass is 558 g/mol. The van der Waals surface area contributed by atoms with Crippen molar-refractivity contribution in [3.05, 3.63) is 121 Å². The number of fused-ring (bicyclic) bond motifs is 6. The molecule has 5 heteroatoms. The quantitative estimate of drug-likeness (QED) is 0.202. The van der Waals surface area contributed by atoms with E-state index in [2.05, 4.69) is 110 Å². The van der Waals surface area contributed by atoms with Gasteiger partial charge in [-0.1, -0.05) is 91.9 Å². The molecule has 0 N–H and O–H groups in total. The van der Waals surface area contributed by atoms with Crippen molar-refractivity contribution in [2.45, 2.75) is 20.3 Å². The maximum atomic E-state index is 5.20. The maximum absolute atomic E-state index is 5.20. The molecule has 0 fully saturated rings. The van der Waals surface area contributed by atoms with Crippen LogP contribution in [0.3, 0.4) is 0 Å². The van der Waals surface area contributed by atoms with Crippen molar-refractivity contribution in [3.63, 3.8) is 0 Å². The van der Waals surface area contributed by atoms with E-state index in [4.69, 9.17) is 19.9 Å². The van der Waals surface area contributed by atoms with E-state index in [0.29, 0.717) is 0 Å². The van der Waals surface area contributed by atoms with Gasteiger partial charge < -0.3 is 0 Å². The molecule has 4 aromatic heterocycles. The van der Waals surface area contributed by atoms with Gasteiger partial charge in [0.25, 0.3) is 0 Å². The highest BCUT2D eigenvalue weighted by Crippen LogP contribution is 2.40. The molecule has 200 valence electrons. The molecule has 0 aliphatic heterocycles. The summed E-state index contributed by atoms with van der Waals surface area (Å²) in [7, 11) is 0. The Morgan fingerprint density at radius 1 is 0.595 bits per heavy atom. The standard InChI is InChI=1S/C37H26N4S/c1-3-27-21-30(28-19-18-24-17-16-22(2)38-32(24)34(28)39-27)25-12-9-13-26(20-25)37-40-33(23-10-5-4-6-11-23)36-35(41-37)29-14-7-8-15-31(29)42-36/h4-21H,3H2,1-2H3. The molecule has 0 aliphatic rings. The second-order valence-electron chi connectivity index (χ2n) is 10.6. The van der Waals surface area contributed by atoms with E-state index >= 15 is 0 Å². The van der Waals surface area contributed by atoms with Gasteiger partial charge in [0.05, 0.1) is 26.9 Å². The molecule has 8 rings (SSSR count). The molecule has 4 heterocycles. The predicted octanol–water partition coefficient (Wildman–Crippen LogP) is 9.81. The fraction of sp³-hybridized carbons (Fsp3) is 0.0811. The van der Waals surface area contributed by atoms with Crippen LogP contribution in [0.5, 0.6) is 0 Å². The van der Waals surface area contributed by atoms with E-state index < -0.39 is 0 Å². The van der Waals surface area contributed by atoms with Crippen LogP contribution in [0.4, 0.5) is 0 Å². The Hall–Kier alpha value is -5.00. The zero-order valence-electron chi connectivity index (χ0n) is 23.3. The van der Waals surface area contributed by atoms with Crippen LogP contribution in [0.2, 0.25) is 0 Å². The molecular formula is C37H26N4S. The van der Waals surface area contributed by atoms with E-state index in [1.807, 2.05) is 13.0 Å². The lowest BCUT2D eigenvalue weighted by atomic mass is 9.96. The minimum Gasteiger partial charge on any atom is -0.251 e. The second kappa shape index (κ2) is 9.82. The van der Waals surface area contributed by atoms with Gasteiger partial charge in [-0.05, 0) is 48.7 Å². The average molecular weight is 559 g/mol. The van der Waals surface area contributed by atoms with Gasteiger partial charge in [0.1, 0.15) is 0 Å². The van der Waals surface area contributed by atoms with Gasteiger partial charge in [-0.2, -0.15) is 0 Å². The summed E-state index contributed by atoms with van der Waals surface area (Å²) in [6.45, 7) is 4.18. The molecule has 4 aromatic carbocycles. The van der Waals surface area contributed by atoms with Crippen LogP contribution in [-0.2, 0) is 6.42 Å². The highest BCUT2D eigenvalue weighted by Gasteiger charge is 2.17. The Morgan fingerprint density at radius 3 is 2.26 bits per heavy atom. The Morgan fingerprint density at radius 2 is 1.38 bits per heavy atom. The number of hydrogen-bond donors (Lipinski definition) is 0. The first kappa shape index (κ1) is 24.8. The van der Waals surface area contributed by atoms with Gasteiger partial charge in [-0.25, -0.2) is 9.97 Å². The predicted molar refractivity (Wildman–Crippen MR) is 176 cm³/mol. The van der Waals surface area contributed by atoms with Gasteiger partial charge in [0.15, 0.2) is 5.82 Å². The van der Waals surface area contributed by atoms with E-state index in [9.17, 15) is 0 Å². The number of aromatic nitrogens is 4. The zero-order valence-corrected chi connectivity index (χ0v) is 24.1. The van der Waals surface area contributed by atoms with Gasteiger partial charge in [0, 0.05) is 43.4 Å². The largest absolute Gasteiger partial charge is 0.251 e. The summed E-state index contributed by atoms with van der Waals surface area (Å²) in [5, 5.41) is 3.36. The Labute approximate surface area is 247 Å². The smallest absolute Gasteiger partial charge is 0.160 e. The summed E-state index contributed by atoms with van der Waals surface area (Å²) in [5.74, 6) is 0.726. The Balaban J connectivity index is 1.36. The van der Waals surface area contributed by atoms with Gasteiger partial charge >= 0.3 is 0 Å². The molecule has 0 aliphatic carbocycles. The SMILES string of the molecule is CCc1cc(-c2cccc(-c3nc(-c4ccccc4)c4sc5ccccc5c4n3)c2)c2ccc3ccc(C)nc3c2n1. The normalized spacial score (nSPS) is 11.7. The van der Waals surface area contributed by atoms with E-state index in [1.165, 1.54) is 4.70 Å². The molecule has 0 radical (unpaired) electrons. The minimum atomic E-state index is 0.726. The zero-order chi connectivity index (χ0) is 28.2. The molecule has 0 atom stereocenters. The molecule has 0 unspecified atom stereocenters. The molecule has 42 heavy (non-hydrogen) atoms. The summed E-state index contributed by atoms with van der Waals surface area (Å²) in [5.41, 5.74) is 10.2. The molecule has 4 nitrogen and oxygen atoms in total. The van der Waals surface area contributed by atoms with Gasteiger partial charge in [0.2, 0.25) is 0 Å². The highest BCUT2D eigenvalue weighted by atomic mass is 32.1. The summed E-state index contributed by atoms with van der Waals surface area (Å²) < 4.78 is 2.33. The van der Waals surface area contributed by atoms with Crippen molar-refractivity contribution in [2.24, 2.45) is 0 Å². The number of nitrogens with zero attached hydrogens (tertiary/aromatic N) is 4. The summed E-state index contributed by atoms with van der Waals surface area (Å²) in [4.78, 5) is 20.3. The van der Waals surface area contributed by atoms with Crippen molar-refractivity contribution < 1.29 is 0 Å². The third-order valence-corrected chi connectivity index (χ3v) is 9.06. The number of hydrogen-bond acceptors (Lipinski definition) is 5. The lowest BCUT2D eigenvalue weighted by Gasteiger charge is -2.13. The molecule has 0 saturated heterocycles. The molecule has 8 aromatic rings. The number of pyridine rings is 2. The minimum absolute atomic E-state index is 0.726. The van der Waals surface area contributed by atoms with Crippen LogP contribution < -0.4 is 0 Å². The van der Waals surface area contributed by atoms with Crippen molar-refractivity contribution in [3.8, 4) is 33.8 Å². The average Bonchev–Trinajstić information content (AvgIpc) is 3.43. The van der Waals surface area contributed by atoms with Crippen LogP contribution in [0.1, 0.15) is 18.3 Å². The highest BCUT2D eigenvalue weighted by molar-refractivity contribution is 7.26. The number of aryl methyl sites for hydroxylation is 2. The van der Waals surface area contributed by atoms with Crippen LogP contribution in [-0.4, -0.2) is 19.9 Å². The fourth-order valence-corrected chi connectivity index (χ4v) is 6.93. The lowest BCUT2D eigenvalue weighted by Crippen LogP contribution is -1.96. The van der Waals surface area contributed by atoms with Crippen LogP contribution in [0.25, 0.3) is 75.9 Å². The third kappa shape index (κ3) is 4.05. The van der Waals surface area contributed by atoms with Crippen molar-refractivity contribution in [2.75, 3.05) is 0 Å². The van der Waals surface area contributed by atoms with Crippen molar-refractivity contribution >= 4 is 53.4 Å². The molecule has 0 saturated carbocycles. The number of thiophene rings is 1. The topological polar surface area (TPSA) is 51.6 Å². The molecule has 0 amide bonds. The van der Waals surface area contributed by atoms with Crippen LogP contribution in [0.15, 0.2) is 109 Å². The summed E-state index contributed by atoms with van der Waals surface area (Å²) in [6.07, 6.45) is 0.844. The van der Waals surface area contributed by atoms with Crippen molar-refractivity contribution in [1.82, 2.24) is 19.9 Å². The Bertz CT molecular complexity index is 2300. The van der Waals surface area contributed by atoms with Gasteiger partial charge in [-0.15, -0.1) is 11.3 Å². The molecule has 0 bridgehead atoms. The first-order chi connectivity index (χ1) is 20.7. The molecule has 0 spiro atoms. The van der Waals surface area contributed by atoms with Crippen LogP contribution >= 0.6 is 11.3 Å². The number of rotatable bonds is 4. The fourth-order valence-electron chi connectivity index (χ4n) is 5.78. The summed E-state index contributed by atoms with van der Waals surface area (Å²) >= 11 is 1.76. The van der Waals surface area contributed by atoms with Crippen LogP contribution in [0, 0.1) is 6.92 Å². The number of benzene rings is 4. The van der Waals surface area contributed by atoms with E-state index in [0.717, 1.165) is 89.0 Å². The van der Waals surface area contributed by atoms with E-state index in [-0.39, 0.29) is 0 Å². The van der Waals surface area contributed by atoms with E-state index in [1.54, 1.807) is 11.3 Å². The van der Waals surface area contributed by atoms with Gasteiger partial charge in [-0.3, -0.25) is 9.97 Å². The first-order valence-electron chi connectivity index (χ1n) is 14.2. The summed E-state index contributed by atoms with van der Waals surface area (Å²) in [6, 6.07) is 38.2. The lowest BCUT2D eigenvalue weighted by molar-refractivity contribution is 1.06. The second-order valence-corrected chi connectivity index (χ2v) is 11.7. The third-order valence-electron chi connectivity index (χ3n) is 7.89. The first-order valence-corrected chi connectivity index (χ1v) is 15.0.